The molecule has 0 N–H and O–H groups in total. The third-order valence-electron chi connectivity index (χ3n) is 3.68. The molecule has 1 aliphatic heterocycles. The topological polar surface area (TPSA) is 77.5 Å². The molecule has 19 heavy (non-hydrogen) atoms. The number of hydrogen-bond acceptors (Lipinski definition) is 5. The van der Waals surface area contributed by atoms with Gasteiger partial charge in [-0.25, -0.2) is 16.8 Å². The van der Waals surface area contributed by atoms with E-state index in [1.54, 1.807) is 6.26 Å². The number of ether oxygens (including phenoxy) is 1. The summed E-state index contributed by atoms with van der Waals surface area (Å²) in [4.78, 5) is 0. The zero-order valence-corrected chi connectivity index (χ0v) is 12.5. The van der Waals surface area contributed by atoms with E-state index in [1.165, 1.54) is 18.4 Å². The molecule has 0 aromatic heterocycles. The van der Waals surface area contributed by atoms with E-state index in [4.69, 9.17) is 4.74 Å². The van der Waals surface area contributed by atoms with Crippen molar-refractivity contribution in [3.8, 4) is 0 Å². The van der Waals surface area contributed by atoms with Crippen LogP contribution in [-0.2, 0) is 24.4 Å². The molecule has 0 bridgehead atoms. The van der Waals surface area contributed by atoms with Gasteiger partial charge in [-0.15, -0.1) is 0 Å². The van der Waals surface area contributed by atoms with E-state index in [1.807, 2.05) is 0 Å². The van der Waals surface area contributed by atoms with Crippen LogP contribution < -0.4 is 0 Å². The second-order valence-corrected chi connectivity index (χ2v) is 9.88. The third kappa shape index (κ3) is 4.21. The molecular weight excluding hydrogens is 288 g/mol. The summed E-state index contributed by atoms with van der Waals surface area (Å²) in [6.45, 7) is 0.267. The van der Waals surface area contributed by atoms with Gasteiger partial charge in [0.2, 0.25) is 0 Å². The van der Waals surface area contributed by atoms with Gasteiger partial charge in [-0.05, 0) is 37.7 Å². The van der Waals surface area contributed by atoms with Crippen LogP contribution in [0.5, 0.6) is 0 Å². The second kappa shape index (κ2) is 5.83. The predicted octanol–water partition coefficient (Wildman–Crippen LogP) is 1.06. The molecule has 2 rings (SSSR count). The number of allylic oxidation sites excluding steroid dienone is 1. The first kappa shape index (κ1) is 14.8. The van der Waals surface area contributed by atoms with Gasteiger partial charge in [-0.2, -0.15) is 0 Å². The van der Waals surface area contributed by atoms with Crippen LogP contribution in [0.3, 0.4) is 0 Å². The molecule has 1 saturated heterocycles. The summed E-state index contributed by atoms with van der Waals surface area (Å²) in [7, 11) is -6.48. The van der Waals surface area contributed by atoms with E-state index in [9.17, 15) is 16.8 Å². The van der Waals surface area contributed by atoms with E-state index in [-0.39, 0.29) is 30.3 Å². The Balaban J connectivity index is 1.85. The predicted molar refractivity (Wildman–Crippen MR) is 73.3 cm³/mol. The molecule has 5 nitrogen and oxygen atoms in total. The monoisotopic (exact) mass is 308 g/mol. The molecule has 2 aliphatic rings. The lowest BCUT2D eigenvalue weighted by Gasteiger charge is -2.22. The van der Waals surface area contributed by atoms with E-state index in [0.717, 1.165) is 12.8 Å². The normalized spacial score (nSPS) is 29.1. The average molecular weight is 308 g/mol. The molecule has 1 saturated carbocycles. The highest BCUT2D eigenvalue weighted by Crippen LogP contribution is 2.23. The summed E-state index contributed by atoms with van der Waals surface area (Å²) in [5.74, 6) is -0.743. The van der Waals surface area contributed by atoms with Crippen LogP contribution >= 0.6 is 0 Å². The Bertz CT molecular complexity index is 537. The smallest absolute Gasteiger partial charge is 0.155 e. The van der Waals surface area contributed by atoms with Gasteiger partial charge < -0.3 is 4.74 Å². The average Bonchev–Trinajstić information content (AvgIpc) is 2.82. The van der Waals surface area contributed by atoms with Crippen LogP contribution in [-0.4, -0.2) is 46.0 Å². The van der Waals surface area contributed by atoms with Gasteiger partial charge >= 0.3 is 0 Å². The first-order valence-corrected chi connectivity index (χ1v) is 10.1. The van der Waals surface area contributed by atoms with Crippen molar-refractivity contribution in [2.75, 3.05) is 23.9 Å². The van der Waals surface area contributed by atoms with Crippen molar-refractivity contribution in [2.45, 2.75) is 37.4 Å². The molecule has 0 aromatic rings. The minimum atomic E-state index is -3.27. The van der Waals surface area contributed by atoms with Crippen LogP contribution in [0.15, 0.2) is 11.8 Å². The molecule has 0 radical (unpaired) electrons. The van der Waals surface area contributed by atoms with Crippen molar-refractivity contribution >= 4 is 19.7 Å². The maximum absolute atomic E-state index is 11.8. The van der Waals surface area contributed by atoms with Gasteiger partial charge in [0.1, 0.15) is 0 Å². The van der Waals surface area contributed by atoms with Gasteiger partial charge in [-0.1, -0.05) is 0 Å². The van der Waals surface area contributed by atoms with Crippen molar-refractivity contribution in [3.05, 3.63) is 11.8 Å². The first-order valence-electron chi connectivity index (χ1n) is 6.61. The Kier molecular flexibility index (Phi) is 4.55. The largest absolute Gasteiger partial charge is 0.501 e. The molecule has 7 heteroatoms. The molecule has 0 amide bonds. The Morgan fingerprint density at radius 3 is 2.47 bits per heavy atom. The zero-order chi connectivity index (χ0) is 13.9. The molecule has 110 valence electrons. The summed E-state index contributed by atoms with van der Waals surface area (Å²) < 4.78 is 51.9. The van der Waals surface area contributed by atoms with Crippen LogP contribution in [0.4, 0.5) is 0 Å². The lowest BCUT2D eigenvalue weighted by atomic mass is 10.3. The maximum atomic E-state index is 11.8. The minimum absolute atomic E-state index is 0.239. The highest BCUT2D eigenvalue weighted by molar-refractivity contribution is 7.98. The molecule has 0 spiro atoms. The summed E-state index contributed by atoms with van der Waals surface area (Å²) in [6.07, 6.45) is 6.45. The van der Waals surface area contributed by atoms with E-state index >= 15 is 0 Å². The standard InChI is InChI=1S/C12H20O5S2/c13-18(14)7-8-19(15,16)12(10-18)5-6-17-9-11-3-1-2-4-11/h9,12H,1-8,10H2. The van der Waals surface area contributed by atoms with Gasteiger partial charge in [0.25, 0.3) is 0 Å². The minimum Gasteiger partial charge on any atom is -0.501 e. The second-order valence-electron chi connectivity index (χ2n) is 5.25. The summed E-state index contributed by atoms with van der Waals surface area (Å²) in [5.41, 5.74) is 1.26. The number of sulfone groups is 2. The first-order chi connectivity index (χ1) is 8.89. The Morgan fingerprint density at radius 2 is 1.79 bits per heavy atom. The SMILES string of the molecule is O=S1(=O)CCS(=O)(=O)C(CCOC=C2CCCC2)C1. The van der Waals surface area contributed by atoms with Gasteiger partial charge in [0.15, 0.2) is 19.7 Å². The highest BCUT2D eigenvalue weighted by atomic mass is 32.2. The Hall–Kier alpha value is -0.560. The van der Waals surface area contributed by atoms with Crippen molar-refractivity contribution in [1.29, 1.82) is 0 Å². The van der Waals surface area contributed by atoms with Crippen molar-refractivity contribution in [1.82, 2.24) is 0 Å². The maximum Gasteiger partial charge on any atom is 0.155 e. The quantitative estimate of drug-likeness (QED) is 0.573. The number of hydrogen-bond donors (Lipinski definition) is 0. The van der Waals surface area contributed by atoms with Crippen LogP contribution in [0, 0.1) is 0 Å². The fourth-order valence-electron chi connectivity index (χ4n) is 2.47. The van der Waals surface area contributed by atoms with Gasteiger partial charge in [0, 0.05) is 0 Å². The molecular formula is C12H20O5S2. The van der Waals surface area contributed by atoms with Crippen molar-refractivity contribution < 1.29 is 21.6 Å². The zero-order valence-electron chi connectivity index (χ0n) is 10.9. The molecule has 1 atom stereocenters. The van der Waals surface area contributed by atoms with Crippen LogP contribution in [0.1, 0.15) is 32.1 Å². The van der Waals surface area contributed by atoms with Crippen LogP contribution in [0.2, 0.25) is 0 Å². The third-order valence-corrected chi connectivity index (χ3v) is 8.08. The van der Waals surface area contributed by atoms with E-state index in [2.05, 4.69) is 0 Å². The molecule has 1 unspecified atom stereocenters. The van der Waals surface area contributed by atoms with Gasteiger partial charge in [-0.3, -0.25) is 0 Å². The van der Waals surface area contributed by atoms with Crippen molar-refractivity contribution in [2.24, 2.45) is 0 Å². The number of rotatable bonds is 4. The van der Waals surface area contributed by atoms with E-state index < -0.39 is 24.9 Å². The molecule has 2 fully saturated rings. The van der Waals surface area contributed by atoms with E-state index in [0.29, 0.717) is 0 Å². The fraction of sp³-hybridized carbons (Fsp3) is 0.833. The molecule has 0 aromatic carbocycles. The summed E-state index contributed by atoms with van der Waals surface area (Å²) in [5, 5.41) is -0.798. The highest BCUT2D eigenvalue weighted by Gasteiger charge is 2.36. The van der Waals surface area contributed by atoms with Gasteiger partial charge in [0.05, 0.1) is 35.4 Å². The summed E-state index contributed by atoms with van der Waals surface area (Å²) in [6, 6.07) is 0. The fourth-order valence-corrected chi connectivity index (χ4v) is 7.55. The Labute approximate surface area is 114 Å². The van der Waals surface area contributed by atoms with Crippen molar-refractivity contribution in [3.63, 3.8) is 0 Å². The molecule has 1 aliphatic carbocycles. The lowest BCUT2D eigenvalue weighted by Crippen LogP contribution is -2.40. The lowest BCUT2D eigenvalue weighted by molar-refractivity contribution is 0.240. The summed E-state index contributed by atoms with van der Waals surface area (Å²) >= 11 is 0. The molecule has 1 heterocycles. The Morgan fingerprint density at radius 1 is 1.11 bits per heavy atom. The van der Waals surface area contributed by atoms with Crippen LogP contribution in [0.25, 0.3) is 0 Å².